The Labute approximate surface area is 78.7 Å². The van der Waals surface area contributed by atoms with Crippen molar-refractivity contribution in [2.75, 3.05) is 13.1 Å². The maximum absolute atomic E-state index is 11.3. The van der Waals surface area contributed by atoms with E-state index in [0.29, 0.717) is 3.96 Å². The summed E-state index contributed by atoms with van der Waals surface area (Å²) in [5.74, 6) is 0. The summed E-state index contributed by atoms with van der Waals surface area (Å²) in [4.78, 5) is 13.2. The van der Waals surface area contributed by atoms with Gasteiger partial charge in [-0.15, -0.1) is 0 Å². The number of hydrogen-bond donors (Lipinski definition) is 0. The molecule has 2 nitrogen and oxygen atoms in total. The molecule has 0 aliphatic carbocycles. The minimum absolute atomic E-state index is 0.361. The topological polar surface area (TPSA) is 20.3 Å². The molecule has 0 aromatic rings. The van der Waals surface area contributed by atoms with Gasteiger partial charge < -0.3 is 0 Å². The predicted molar refractivity (Wildman–Crippen MR) is 49.1 cm³/mol. The molecule has 0 radical (unpaired) electrons. The Morgan fingerprint density at radius 1 is 1.55 bits per heavy atom. The summed E-state index contributed by atoms with van der Waals surface area (Å²) in [6.45, 7) is 9.33. The summed E-state index contributed by atoms with van der Waals surface area (Å²) in [6, 6.07) is 0. The zero-order valence-corrected chi connectivity index (χ0v) is 9.50. The fourth-order valence-corrected chi connectivity index (χ4v) is 2.70. The van der Waals surface area contributed by atoms with Crippen molar-refractivity contribution in [1.29, 1.82) is 0 Å². The van der Waals surface area contributed by atoms with E-state index in [4.69, 9.17) is 0 Å². The van der Waals surface area contributed by atoms with Crippen LogP contribution < -0.4 is 0 Å². The van der Waals surface area contributed by atoms with E-state index in [-0.39, 0.29) is 0 Å². The van der Waals surface area contributed by atoms with Gasteiger partial charge in [-0.1, -0.05) is 0 Å². The first kappa shape index (κ1) is 11.0. The summed E-state index contributed by atoms with van der Waals surface area (Å²) in [5.41, 5.74) is 0. The number of hydrogen-bond acceptors (Lipinski definition) is 1. The zero-order valence-electron chi connectivity index (χ0n) is 7.17. The molecule has 0 rings (SSSR count). The molecule has 0 saturated heterocycles. The Morgan fingerprint density at radius 3 is 2.45 bits per heavy atom. The van der Waals surface area contributed by atoms with Gasteiger partial charge in [-0.2, -0.15) is 0 Å². The van der Waals surface area contributed by atoms with E-state index in [1.54, 1.807) is 0 Å². The molecule has 0 aromatic heterocycles. The molecule has 11 heavy (non-hydrogen) atoms. The van der Waals surface area contributed by atoms with E-state index >= 15 is 0 Å². The number of carbonyl (C=O) groups is 1. The average molecular weight is 269 g/mol. The van der Waals surface area contributed by atoms with Crippen molar-refractivity contribution in [2.24, 2.45) is 0 Å². The van der Waals surface area contributed by atoms with Gasteiger partial charge in [0.2, 0.25) is 0 Å². The van der Waals surface area contributed by atoms with E-state index in [1.807, 2.05) is 24.8 Å². The van der Waals surface area contributed by atoms with Crippen LogP contribution in [0.15, 0.2) is 12.7 Å². The number of rotatable bonds is 5. The first-order chi connectivity index (χ1) is 5.26. The molecule has 1 amide bonds. The number of amides is 1. The van der Waals surface area contributed by atoms with Crippen LogP contribution in [0.3, 0.4) is 0 Å². The van der Waals surface area contributed by atoms with Crippen molar-refractivity contribution < 1.29 is 4.79 Å². The van der Waals surface area contributed by atoms with Gasteiger partial charge in [-0.3, -0.25) is 0 Å². The van der Waals surface area contributed by atoms with Crippen LogP contribution in [0, 0.1) is 0 Å². The van der Waals surface area contributed by atoms with Crippen LogP contribution in [0.5, 0.6) is 0 Å². The minimum atomic E-state index is -0.490. The SMILES string of the molecule is C=CC[Te]C(=O)N(CC)CC. The molecule has 0 atom stereocenters. The molecule has 0 bridgehead atoms. The third-order valence-electron chi connectivity index (χ3n) is 1.35. The van der Waals surface area contributed by atoms with Gasteiger partial charge in [0, 0.05) is 0 Å². The first-order valence-electron chi connectivity index (χ1n) is 3.78. The Balaban J connectivity index is 3.69. The van der Waals surface area contributed by atoms with Gasteiger partial charge in [0.1, 0.15) is 0 Å². The van der Waals surface area contributed by atoms with Crippen LogP contribution in [0.25, 0.3) is 0 Å². The van der Waals surface area contributed by atoms with Gasteiger partial charge in [-0.25, -0.2) is 0 Å². The van der Waals surface area contributed by atoms with E-state index in [1.165, 1.54) is 0 Å². The van der Waals surface area contributed by atoms with E-state index in [0.717, 1.165) is 17.6 Å². The summed E-state index contributed by atoms with van der Waals surface area (Å²) in [5, 5.41) is 0. The van der Waals surface area contributed by atoms with Crippen LogP contribution in [-0.4, -0.2) is 42.9 Å². The fraction of sp³-hybridized carbons (Fsp3) is 0.625. The van der Waals surface area contributed by atoms with E-state index in [9.17, 15) is 4.79 Å². The van der Waals surface area contributed by atoms with Crippen LogP contribution >= 0.6 is 0 Å². The molecule has 0 saturated carbocycles. The van der Waals surface area contributed by atoms with Crippen molar-refractivity contribution in [3.63, 3.8) is 0 Å². The summed E-state index contributed by atoms with van der Waals surface area (Å²) in [6.07, 6.45) is 1.84. The summed E-state index contributed by atoms with van der Waals surface area (Å²) >= 11 is -0.490. The van der Waals surface area contributed by atoms with Gasteiger partial charge in [0.15, 0.2) is 0 Å². The molecular weight excluding hydrogens is 254 g/mol. The van der Waals surface area contributed by atoms with Crippen LogP contribution in [0.1, 0.15) is 13.8 Å². The monoisotopic (exact) mass is 271 g/mol. The normalized spacial score (nSPS) is 9.27. The summed E-state index contributed by atoms with van der Waals surface area (Å²) in [7, 11) is 0. The van der Waals surface area contributed by atoms with Crippen LogP contribution in [0.2, 0.25) is 4.47 Å². The molecule has 0 N–H and O–H groups in total. The Morgan fingerprint density at radius 2 is 2.09 bits per heavy atom. The van der Waals surface area contributed by atoms with Gasteiger partial charge >= 0.3 is 78.6 Å². The Bertz CT molecular complexity index is 132. The first-order valence-corrected chi connectivity index (χ1v) is 6.60. The number of carbonyl (C=O) groups excluding carboxylic acids is 1. The summed E-state index contributed by atoms with van der Waals surface area (Å²) < 4.78 is 1.28. The Kier molecular flexibility index (Phi) is 6.69. The second-order valence-corrected chi connectivity index (χ2v) is 4.81. The third-order valence-corrected chi connectivity index (χ3v) is 3.94. The van der Waals surface area contributed by atoms with Gasteiger partial charge in [-0.05, 0) is 0 Å². The molecule has 3 heteroatoms. The molecule has 0 aliphatic rings. The molecule has 64 valence electrons. The maximum atomic E-state index is 11.3. The molecule has 0 unspecified atom stereocenters. The van der Waals surface area contributed by atoms with Crippen molar-refractivity contribution >= 4 is 24.9 Å². The van der Waals surface area contributed by atoms with Gasteiger partial charge in [0.25, 0.3) is 0 Å². The van der Waals surface area contributed by atoms with E-state index in [2.05, 4.69) is 6.58 Å². The van der Waals surface area contributed by atoms with Gasteiger partial charge in [0.05, 0.1) is 0 Å². The zero-order chi connectivity index (χ0) is 8.69. The van der Waals surface area contributed by atoms with Crippen molar-refractivity contribution in [1.82, 2.24) is 4.90 Å². The number of nitrogens with zero attached hydrogens (tertiary/aromatic N) is 1. The predicted octanol–water partition coefficient (Wildman–Crippen LogP) is 1.76. The molecule has 0 aromatic carbocycles. The van der Waals surface area contributed by atoms with Crippen molar-refractivity contribution in [3.05, 3.63) is 12.7 Å². The molecule has 0 fully saturated rings. The fourth-order valence-electron chi connectivity index (χ4n) is 0.703. The molecular formula is C8H15NOTe. The molecule has 0 aliphatic heterocycles. The van der Waals surface area contributed by atoms with Crippen LogP contribution in [0.4, 0.5) is 4.79 Å². The standard InChI is InChI=1S/C8H15NOTe/c1-4-7-11-8(10)9(5-2)6-3/h4H,1,5-7H2,2-3H3. The van der Waals surface area contributed by atoms with Crippen molar-refractivity contribution in [3.8, 4) is 0 Å². The van der Waals surface area contributed by atoms with Crippen molar-refractivity contribution in [2.45, 2.75) is 18.3 Å². The van der Waals surface area contributed by atoms with E-state index < -0.39 is 20.9 Å². The Hall–Kier alpha value is -0.000390. The molecule has 0 spiro atoms. The quantitative estimate of drug-likeness (QED) is 0.550. The number of allylic oxidation sites excluding steroid dienone is 1. The third kappa shape index (κ3) is 4.44. The second kappa shape index (κ2) is 6.69. The molecule has 0 heterocycles. The second-order valence-electron chi connectivity index (χ2n) is 2.04. The average Bonchev–Trinajstić information content (AvgIpc) is 2.03. The van der Waals surface area contributed by atoms with Crippen LogP contribution in [-0.2, 0) is 0 Å².